The number of nitrogens with two attached hydrogens (primary N) is 1. The normalized spacial score (nSPS) is 23.9. The van der Waals surface area contributed by atoms with E-state index >= 15 is 0 Å². The average molecular weight is 252 g/mol. The molecule has 5 heteroatoms. The van der Waals surface area contributed by atoms with E-state index < -0.39 is 16.4 Å². The van der Waals surface area contributed by atoms with Crippen LogP contribution in [0.5, 0.6) is 0 Å². The van der Waals surface area contributed by atoms with Gasteiger partial charge in [-0.05, 0) is 30.7 Å². The lowest BCUT2D eigenvalue weighted by Gasteiger charge is -2.28. The predicted octanol–water partition coefficient (Wildman–Crippen LogP) is 2.79. The Kier molecular flexibility index (Phi) is 3.91. The minimum absolute atomic E-state index is 0.0809. The zero-order chi connectivity index (χ0) is 13.1. The fourth-order valence-electron chi connectivity index (χ4n) is 2.64. The Morgan fingerprint density at radius 2 is 2.11 bits per heavy atom. The zero-order valence-electron chi connectivity index (χ0n) is 10.1. The van der Waals surface area contributed by atoms with Crippen molar-refractivity contribution < 1.29 is 9.31 Å². The monoisotopic (exact) mass is 252 g/mol. The highest BCUT2D eigenvalue weighted by Gasteiger charge is 2.25. The summed E-state index contributed by atoms with van der Waals surface area (Å²) in [6.07, 6.45) is 4.66. The van der Waals surface area contributed by atoms with E-state index in [0.29, 0.717) is 12.0 Å². The molecule has 1 aliphatic carbocycles. The first-order valence-electron chi connectivity index (χ1n) is 6.27. The lowest BCUT2D eigenvalue weighted by atomic mass is 9.81. The van der Waals surface area contributed by atoms with Crippen LogP contribution in [-0.2, 0) is 6.42 Å². The van der Waals surface area contributed by atoms with Crippen LogP contribution < -0.4 is 5.73 Å². The van der Waals surface area contributed by atoms with Crippen LogP contribution in [-0.4, -0.2) is 11.0 Å². The molecule has 1 saturated carbocycles. The molecule has 0 saturated heterocycles. The quantitative estimate of drug-likeness (QED) is 0.664. The molecule has 2 rings (SSSR count). The van der Waals surface area contributed by atoms with Gasteiger partial charge in [0, 0.05) is 12.1 Å². The first kappa shape index (κ1) is 13.0. The van der Waals surface area contributed by atoms with Gasteiger partial charge >= 0.3 is 5.69 Å². The molecule has 1 fully saturated rings. The molecule has 0 aromatic heterocycles. The number of nitro groups is 1. The van der Waals surface area contributed by atoms with E-state index in [4.69, 9.17) is 5.73 Å². The summed E-state index contributed by atoms with van der Waals surface area (Å²) in [4.78, 5) is 9.99. The van der Waals surface area contributed by atoms with E-state index in [1.165, 1.54) is 12.1 Å². The Labute approximate surface area is 105 Å². The second-order valence-electron chi connectivity index (χ2n) is 4.92. The van der Waals surface area contributed by atoms with Crippen molar-refractivity contribution in [3.63, 3.8) is 0 Å². The van der Waals surface area contributed by atoms with E-state index in [1.807, 2.05) is 0 Å². The highest BCUT2D eigenvalue weighted by Crippen LogP contribution is 2.29. The fourth-order valence-corrected chi connectivity index (χ4v) is 2.64. The molecule has 1 aliphatic rings. The molecule has 2 N–H and O–H groups in total. The van der Waals surface area contributed by atoms with Crippen LogP contribution in [0.1, 0.15) is 31.2 Å². The van der Waals surface area contributed by atoms with Gasteiger partial charge in [0.15, 0.2) is 0 Å². The minimum Gasteiger partial charge on any atom is -0.327 e. The van der Waals surface area contributed by atoms with Crippen molar-refractivity contribution in [1.29, 1.82) is 0 Å². The van der Waals surface area contributed by atoms with Gasteiger partial charge in [-0.25, -0.2) is 0 Å². The van der Waals surface area contributed by atoms with Crippen molar-refractivity contribution in [3.05, 3.63) is 39.7 Å². The van der Waals surface area contributed by atoms with Crippen molar-refractivity contribution in [3.8, 4) is 0 Å². The van der Waals surface area contributed by atoms with E-state index in [1.54, 1.807) is 6.07 Å². The van der Waals surface area contributed by atoms with Crippen molar-refractivity contribution >= 4 is 5.69 Å². The van der Waals surface area contributed by atoms with Gasteiger partial charge in [0.1, 0.15) is 0 Å². The van der Waals surface area contributed by atoms with E-state index in [0.717, 1.165) is 25.7 Å². The van der Waals surface area contributed by atoms with Crippen LogP contribution >= 0.6 is 0 Å². The summed E-state index contributed by atoms with van der Waals surface area (Å²) >= 11 is 0. The smallest absolute Gasteiger partial charge is 0.305 e. The van der Waals surface area contributed by atoms with Gasteiger partial charge in [0.25, 0.3) is 0 Å². The summed E-state index contributed by atoms with van der Waals surface area (Å²) in [5, 5.41) is 10.7. The summed E-state index contributed by atoms with van der Waals surface area (Å²) in [5.74, 6) is -0.476. The molecular weight excluding hydrogens is 235 g/mol. The van der Waals surface area contributed by atoms with E-state index in [2.05, 4.69) is 0 Å². The SMILES string of the molecule is NC1CCCCC1Cc1cccc([N+](=O)[O-])c1F. The van der Waals surface area contributed by atoms with Gasteiger partial charge in [-0.2, -0.15) is 4.39 Å². The summed E-state index contributed by atoms with van der Waals surface area (Å²) in [7, 11) is 0. The standard InChI is InChI=1S/C13H17FN2O2/c14-13-10(5-3-7-12(13)16(17)18)8-9-4-1-2-6-11(9)15/h3,5,7,9,11H,1-2,4,6,8,15H2. The Morgan fingerprint density at radius 1 is 1.39 bits per heavy atom. The zero-order valence-corrected chi connectivity index (χ0v) is 10.1. The van der Waals surface area contributed by atoms with Crippen molar-refractivity contribution in [2.45, 2.75) is 38.1 Å². The summed E-state index contributed by atoms with van der Waals surface area (Å²) in [6, 6.07) is 4.42. The maximum Gasteiger partial charge on any atom is 0.305 e. The van der Waals surface area contributed by atoms with E-state index in [-0.39, 0.29) is 12.0 Å². The van der Waals surface area contributed by atoms with Crippen LogP contribution in [0.25, 0.3) is 0 Å². The maximum atomic E-state index is 13.9. The number of nitro benzene ring substituents is 1. The molecule has 0 aliphatic heterocycles. The number of hydrogen-bond acceptors (Lipinski definition) is 3. The Balaban J connectivity index is 2.18. The molecule has 0 bridgehead atoms. The highest BCUT2D eigenvalue weighted by molar-refractivity contribution is 5.37. The second-order valence-corrected chi connectivity index (χ2v) is 4.92. The number of nitrogens with zero attached hydrogens (tertiary/aromatic N) is 1. The third kappa shape index (κ3) is 2.67. The molecule has 0 amide bonds. The molecule has 0 radical (unpaired) electrons. The molecule has 0 heterocycles. The Bertz CT molecular complexity index is 451. The first-order valence-corrected chi connectivity index (χ1v) is 6.27. The number of hydrogen-bond donors (Lipinski definition) is 1. The topological polar surface area (TPSA) is 69.2 Å². The molecule has 2 unspecified atom stereocenters. The third-order valence-corrected chi connectivity index (χ3v) is 3.70. The molecule has 1 aromatic rings. The van der Waals surface area contributed by atoms with Crippen LogP contribution in [0.3, 0.4) is 0 Å². The summed E-state index contributed by atoms with van der Waals surface area (Å²) < 4.78 is 13.9. The number of halogens is 1. The molecular formula is C13H17FN2O2. The fraction of sp³-hybridized carbons (Fsp3) is 0.538. The second kappa shape index (κ2) is 5.44. The van der Waals surface area contributed by atoms with Crippen molar-refractivity contribution in [2.75, 3.05) is 0 Å². The van der Waals surface area contributed by atoms with Crippen LogP contribution in [0, 0.1) is 21.8 Å². The van der Waals surface area contributed by atoms with E-state index in [9.17, 15) is 14.5 Å². The van der Waals surface area contributed by atoms with Gasteiger partial charge in [-0.1, -0.05) is 25.0 Å². The number of benzene rings is 1. The van der Waals surface area contributed by atoms with Crippen LogP contribution in [0.15, 0.2) is 18.2 Å². The molecule has 0 spiro atoms. The Morgan fingerprint density at radius 3 is 2.78 bits per heavy atom. The third-order valence-electron chi connectivity index (χ3n) is 3.70. The van der Waals surface area contributed by atoms with Gasteiger partial charge < -0.3 is 5.73 Å². The molecule has 1 aromatic carbocycles. The summed E-state index contributed by atoms with van der Waals surface area (Å²) in [6.45, 7) is 0. The van der Waals surface area contributed by atoms with Crippen molar-refractivity contribution in [1.82, 2.24) is 0 Å². The first-order chi connectivity index (χ1) is 8.59. The van der Waals surface area contributed by atoms with Gasteiger partial charge in [-0.3, -0.25) is 10.1 Å². The van der Waals surface area contributed by atoms with Crippen LogP contribution in [0.2, 0.25) is 0 Å². The Hall–Kier alpha value is -1.49. The van der Waals surface area contributed by atoms with Gasteiger partial charge in [0.2, 0.25) is 5.82 Å². The van der Waals surface area contributed by atoms with Gasteiger partial charge in [-0.15, -0.1) is 0 Å². The van der Waals surface area contributed by atoms with Gasteiger partial charge in [0.05, 0.1) is 4.92 Å². The average Bonchev–Trinajstić information content (AvgIpc) is 2.34. The predicted molar refractivity (Wildman–Crippen MR) is 66.7 cm³/mol. The lowest BCUT2D eigenvalue weighted by molar-refractivity contribution is -0.387. The summed E-state index contributed by atoms with van der Waals surface area (Å²) in [5.41, 5.74) is 5.98. The highest BCUT2D eigenvalue weighted by atomic mass is 19.1. The van der Waals surface area contributed by atoms with Crippen molar-refractivity contribution in [2.24, 2.45) is 11.7 Å². The maximum absolute atomic E-state index is 13.9. The molecule has 18 heavy (non-hydrogen) atoms. The number of rotatable bonds is 3. The molecule has 98 valence electrons. The minimum atomic E-state index is -0.708. The largest absolute Gasteiger partial charge is 0.327 e. The lowest BCUT2D eigenvalue weighted by Crippen LogP contribution is -2.34. The molecule has 2 atom stereocenters. The van der Waals surface area contributed by atoms with Crippen LogP contribution in [0.4, 0.5) is 10.1 Å². The molecule has 4 nitrogen and oxygen atoms in total.